The lowest BCUT2D eigenvalue weighted by Crippen LogP contribution is -2.47. The van der Waals surface area contributed by atoms with Crippen LogP contribution in [0, 0.1) is 5.92 Å². The number of fused-ring (bicyclic) bond motifs is 1. The van der Waals surface area contributed by atoms with Gasteiger partial charge in [-0.15, -0.1) is 0 Å². The van der Waals surface area contributed by atoms with Crippen molar-refractivity contribution in [2.75, 3.05) is 32.8 Å². The molecule has 1 amide bonds. The number of ether oxygens (including phenoxy) is 1. The van der Waals surface area contributed by atoms with Crippen LogP contribution in [0.4, 0.5) is 0 Å². The lowest BCUT2D eigenvalue weighted by atomic mass is 9.94. The molecule has 1 unspecified atom stereocenters. The highest BCUT2D eigenvalue weighted by atomic mass is 16.5. The maximum Gasteiger partial charge on any atom is 0.251 e. The molecule has 0 bridgehead atoms. The Labute approximate surface area is 155 Å². The lowest BCUT2D eigenvalue weighted by Gasteiger charge is -2.40. The van der Waals surface area contributed by atoms with E-state index in [1.165, 1.54) is 19.4 Å². The Balaban J connectivity index is 1.36. The van der Waals surface area contributed by atoms with Gasteiger partial charge >= 0.3 is 0 Å². The second kappa shape index (κ2) is 8.19. The quantitative estimate of drug-likeness (QED) is 0.916. The van der Waals surface area contributed by atoms with Crippen molar-refractivity contribution in [3.63, 3.8) is 0 Å². The van der Waals surface area contributed by atoms with E-state index < -0.39 is 0 Å². The first-order valence-electron chi connectivity index (χ1n) is 9.89. The van der Waals surface area contributed by atoms with Crippen molar-refractivity contribution in [3.05, 3.63) is 48.0 Å². The Morgan fingerprint density at radius 1 is 1.08 bits per heavy atom. The maximum absolute atomic E-state index is 12.7. The Morgan fingerprint density at radius 2 is 1.88 bits per heavy atom. The molecule has 0 spiro atoms. The van der Waals surface area contributed by atoms with E-state index in [4.69, 9.17) is 4.74 Å². The maximum atomic E-state index is 12.7. The number of rotatable bonds is 4. The summed E-state index contributed by atoms with van der Waals surface area (Å²) in [5, 5.41) is 5.34. The minimum Gasteiger partial charge on any atom is -0.381 e. The minimum absolute atomic E-state index is 0.0463. The zero-order valence-corrected chi connectivity index (χ0v) is 15.3. The molecule has 0 aromatic heterocycles. The number of nitrogens with zero attached hydrogens (tertiary/aromatic N) is 1. The Morgan fingerprint density at radius 3 is 2.77 bits per heavy atom. The Bertz CT molecular complexity index is 749. The fourth-order valence-corrected chi connectivity index (χ4v) is 4.40. The summed E-state index contributed by atoms with van der Waals surface area (Å²) in [7, 11) is 0. The van der Waals surface area contributed by atoms with Crippen LogP contribution in [0.5, 0.6) is 0 Å². The topological polar surface area (TPSA) is 41.6 Å². The molecule has 2 saturated heterocycles. The van der Waals surface area contributed by atoms with E-state index in [-0.39, 0.29) is 5.91 Å². The highest BCUT2D eigenvalue weighted by Gasteiger charge is 2.27. The summed E-state index contributed by atoms with van der Waals surface area (Å²) in [4.78, 5) is 15.4. The van der Waals surface area contributed by atoms with Gasteiger partial charge < -0.3 is 10.1 Å². The van der Waals surface area contributed by atoms with Crippen LogP contribution in [0.15, 0.2) is 42.5 Å². The molecule has 1 N–H and O–H groups in total. The van der Waals surface area contributed by atoms with Crippen molar-refractivity contribution in [1.82, 2.24) is 10.2 Å². The number of benzene rings is 2. The number of piperidine rings is 1. The third-order valence-electron chi connectivity index (χ3n) is 5.84. The van der Waals surface area contributed by atoms with Gasteiger partial charge in [-0.25, -0.2) is 0 Å². The molecule has 0 aliphatic carbocycles. The van der Waals surface area contributed by atoms with Gasteiger partial charge in [0, 0.05) is 37.9 Å². The van der Waals surface area contributed by atoms with Crippen LogP contribution in [-0.2, 0) is 4.74 Å². The second-order valence-corrected chi connectivity index (χ2v) is 7.58. The van der Waals surface area contributed by atoms with E-state index in [1.807, 2.05) is 30.3 Å². The fourth-order valence-electron chi connectivity index (χ4n) is 4.40. The highest BCUT2D eigenvalue weighted by Crippen LogP contribution is 2.23. The van der Waals surface area contributed by atoms with Crippen LogP contribution in [-0.4, -0.2) is 49.7 Å². The SMILES string of the molecule is O=C(NCC1CCCN(C2CCOCC2)C1)c1cccc2ccccc12. The largest absolute Gasteiger partial charge is 0.381 e. The third-order valence-corrected chi connectivity index (χ3v) is 5.84. The van der Waals surface area contributed by atoms with E-state index >= 15 is 0 Å². The van der Waals surface area contributed by atoms with E-state index in [0.717, 1.165) is 55.5 Å². The van der Waals surface area contributed by atoms with Crippen molar-refractivity contribution < 1.29 is 9.53 Å². The highest BCUT2D eigenvalue weighted by molar-refractivity contribution is 6.06. The monoisotopic (exact) mass is 352 g/mol. The van der Waals surface area contributed by atoms with Gasteiger partial charge in [-0.1, -0.05) is 36.4 Å². The van der Waals surface area contributed by atoms with Crippen LogP contribution in [0.3, 0.4) is 0 Å². The molecule has 4 heteroatoms. The first kappa shape index (κ1) is 17.5. The summed E-state index contributed by atoms with van der Waals surface area (Å²) in [6.07, 6.45) is 4.73. The van der Waals surface area contributed by atoms with Crippen LogP contribution in [0.1, 0.15) is 36.0 Å². The first-order valence-corrected chi connectivity index (χ1v) is 9.89. The van der Waals surface area contributed by atoms with Crippen LogP contribution in [0.2, 0.25) is 0 Å². The predicted octanol–water partition coefficient (Wildman–Crippen LogP) is 3.46. The number of carbonyl (C=O) groups excluding carboxylic acids is 1. The van der Waals surface area contributed by atoms with Gasteiger partial charge in [0.25, 0.3) is 5.91 Å². The number of likely N-dealkylation sites (tertiary alicyclic amines) is 1. The van der Waals surface area contributed by atoms with E-state index in [2.05, 4.69) is 22.3 Å². The molecule has 4 rings (SSSR count). The average molecular weight is 352 g/mol. The summed E-state index contributed by atoms with van der Waals surface area (Å²) in [6.45, 7) is 4.84. The van der Waals surface area contributed by atoms with E-state index in [1.54, 1.807) is 0 Å². The lowest BCUT2D eigenvalue weighted by molar-refractivity contribution is 0.0179. The minimum atomic E-state index is 0.0463. The summed E-state index contributed by atoms with van der Waals surface area (Å²) >= 11 is 0. The van der Waals surface area contributed by atoms with Gasteiger partial charge in [-0.05, 0) is 55.0 Å². The Kier molecular flexibility index (Phi) is 5.51. The number of hydrogen-bond donors (Lipinski definition) is 1. The van der Waals surface area contributed by atoms with Gasteiger partial charge in [-0.2, -0.15) is 0 Å². The number of amides is 1. The van der Waals surface area contributed by atoms with Crippen molar-refractivity contribution in [2.24, 2.45) is 5.92 Å². The molecular weight excluding hydrogens is 324 g/mol. The van der Waals surface area contributed by atoms with E-state index in [9.17, 15) is 4.79 Å². The molecule has 2 fully saturated rings. The predicted molar refractivity (Wildman–Crippen MR) is 104 cm³/mol. The van der Waals surface area contributed by atoms with Gasteiger partial charge in [0.1, 0.15) is 0 Å². The van der Waals surface area contributed by atoms with Crippen molar-refractivity contribution in [2.45, 2.75) is 31.7 Å². The van der Waals surface area contributed by atoms with Crippen LogP contribution >= 0.6 is 0 Å². The number of carbonyl (C=O) groups is 1. The van der Waals surface area contributed by atoms with Crippen molar-refractivity contribution in [1.29, 1.82) is 0 Å². The van der Waals surface area contributed by atoms with Crippen LogP contribution < -0.4 is 5.32 Å². The summed E-state index contributed by atoms with van der Waals surface area (Å²) < 4.78 is 5.50. The molecular formula is C22H28N2O2. The van der Waals surface area contributed by atoms with E-state index in [0.29, 0.717) is 12.0 Å². The third kappa shape index (κ3) is 3.92. The molecule has 2 aromatic carbocycles. The average Bonchev–Trinajstić information content (AvgIpc) is 2.72. The summed E-state index contributed by atoms with van der Waals surface area (Å²) in [6, 6.07) is 14.7. The molecule has 0 saturated carbocycles. The van der Waals surface area contributed by atoms with Gasteiger partial charge in [0.15, 0.2) is 0 Å². The number of hydrogen-bond acceptors (Lipinski definition) is 3. The molecule has 2 heterocycles. The van der Waals surface area contributed by atoms with Crippen molar-refractivity contribution >= 4 is 16.7 Å². The second-order valence-electron chi connectivity index (χ2n) is 7.58. The molecule has 138 valence electrons. The molecule has 26 heavy (non-hydrogen) atoms. The standard InChI is InChI=1S/C22H28N2O2/c25-22(21-9-3-7-18-6-1-2-8-20(18)21)23-15-17-5-4-12-24(16-17)19-10-13-26-14-11-19/h1-3,6-9,17,19H,4-5,10-16H2,(H,23,25). The normalized spacial score (nSPS) is 22.4. The summed E-state index contributed by atoms with van der Waals surface area (Å²) in [5.41, 5.74) is 0.778. The number of nitrogens with one attached hydrogen (secondary N) is 1. The van der Waals surface area contributed by atoms with Crippen LogP contribution in [0.25, 0.3) is 10.8 Å². The van der Waals surface area contributed by atoms with Gasteiger partial charge in [-0.3, -0.25) is 9.69 Å². The first-order chi connectivity index (χ1) is 12.8. The molecule has 2 aliphatic heterocycles. The zero-order valence-electron chi connectivity index (χ0n) is 15.3. The molecule has 1 atom stereocenters. The van der Waals surface area contributed by atoms with Crippen molar-refractivity contribution in [3.8, 4) is 0 Å². The van der Waals surface area contributed by atoms with Gasteiger partial charge in [0.05, 0.1) is 0 Å². The summed E-state index contributed by atoms with van der Waals surface area (Å²) in [5.74, 6) is 0.593. The molecule has 2 aliphatic rings. The Hall–Kier alpha value is -1.91. The fraction of sp³-hybridized carbons (Fsp3) is 0.500. The molecule has 0 radical (unpaired) electrons. The van der Waals surface area contributed by atoms with Gasteiger partial charge in [0.2, 0.25) is 0 Å². The molecule has 4 nitrogen and oxygen atoms in total. The smallest absolute Gasteiger partial charge is 0.251 e. The molecule has 2 aromatic rings. The zero-order chi connectivity index (χ0) is 17.8.